The van der Waals surface area contributed by atoms with Gasteiger partial charge in [0.05, 0.1) is 0 Å². The first-order valence-electron chi connectivity index (χ1n) is 11.2. The summed E-state index contributed by atoms with van der Waals surface area (Å²) >= 11 is 19.1. The third-order valence-electron chi connectivity index (χ3n) is 3.70. The van der Waals surface area contributed by atoms with Crippen LogP contribution in [0.25, 0.3) is 0 Å². The van der Waals surface area contributed by atoms with E-state index in [1.165, 1.54) is 0 Å². The zero-order chi connectivity index (χ0) is 27.8. The number of rotatable bonds is 24. The molecular weight excluding hydrogens is 757 g/mol. The number of carbonyl (C=O) groups is 4. The minimum atomic E-state index is -3.28. The van der Waals surface area contributed by atoms with Gasteiger partial charge in [0.2, 0.25) is 0 Å². The van der Waals surface area contributed by atoms with Gasteiger partial charge in [0.25, 0.3) is 0 Å². The van der Waals surface area contributed by atoms with Gasteiger partial charge in [-0.3, -0.25) is 0 Å². The molecule has 0 unspecified atom stereocenters. The van der Waals surface area contributed by atoms with E-state index in [4.69, 9.17) is 65.4 Å². The molecule has 0 aliphatic carbocycles. The first-order chi connectivity index (χ1) is 17.8. The van der Waals surface area contributed by atoms with E-state index in [-0.39, 0.29) is 99.5 Å². The predicted molar refractivity (Wildman–Crippen MR) is 161 cm³/mol. The molecule has 216 valence electrons. The van der Waals surface area contributed by atoms with Crippen molar-refractivity contribution in [1.82, 2.24) is 0 Å². The van der Waals surface area contributed by atoms with E-state index in [1.807, 2.05) is 0 Å². The van der Waals surface area contributed by atoms with Crippen LogP contribution in [0.15, 0.2) is 0 Å². The Morgan fingerprint density at radius 3 is 0.865 bits per heavy atom. The van der Waals surface area contributed by atoms with E-state index >= 15 is 0 Å². The van der Waals surface area contributed by atoms with Gasteiger partial charge in [0.1, 0.15) is 0 Å². The van der Waals surface area contributed by atoms with Crippen molar-refractivity contribution < 1.29 is 38.1 Å². The fourth-order valence-corrected chi connectivity index (χ4v) is 50.8. The van der Waals surface area contributed by atoms with Crippen LogP contribution in [0.4, 0.5) is 0 Å². The Kier molecular flexibility index (Phi) is 27.0. The molecule has 0 spiro atoms. The summed E-state index contributed by atoms with van der Waals surface area (Å²) in [6, 6.07) is 0. The summed E-state index contributed by atoms with van der Waals surface area (Å²) in [4.78, 5) is 46.7. The number of hydrogen-bond donors (Lipinski definition) is 0. The predicted octanol–water partition coefficient (Wildman–Crippen LogP) is 5.04. The van der Waals surface area contributed by atoms with Gasteiger partial charge in [-0.2, -0.15) is 0 Å². The van der Waals surface area contributed by atoms with E-state index in [9.17, 15) is 19.2 Å². The molecule has 0 aromatic heterocycles. The minimum absolute atomic E-state index is 0.147. The van der Waals surface area contributed by atoms with Crippen molar-refractivity contribution in [3.05, 3.63) is 0 Å². The van der Waals surface area contributed by atoms with Crippen LogP contribution in [0, 0.1) is 0 Å². The molecule has 17 heteroatoms. The van der Waals surface area contributed by atoms with Gasteiger partial charge in [-0.1, -0.05) is 0 Å². The van der Waals surface area contributed by atoms with Crippen molar-refractivity contribution >= 4 is 119 Å². The van der Waals surface area contributed by atoms with Crippen molar-refractivity contribution in [1.29, 1.82) is 0 Å². The summed E-state index contributed by atoms with van der Waals surface area (Å²) in [6.45, 7) is 0.948. The number of hydrogen-bond acceptors (Lipinski definition) is 12. The Hall–Kier alpha value is 1.24. The first-order valence-corrected chi connectivity index (χ1v) is 31.3. The molecule has 0 rings (SSSR count). The Morgan fingerprint density at radius 1 is 0.459 bits per heavy atom. The van der Waals surface area contributed by atoms with Gasteiger partial charge in [0.15, 0.2) is 0 Å². The molecule has 0 N–H and O–H groups in total. The van der Waals surface area contributed by atoms with Crippen molar-refractivity contribution in [3.63, 3.8) is 0 Å². The van der Waals surface area contributed by atoms with Crippen LogP contribution >= 0.6 is 82.2 Å². The Labute approximate surface area is 253 Å². The molecule has 8 nitrogen and oxygen atoms in total. The third kappa shape index (κ3) is 22.6. The third-order valence-corrected chi connectivity index (χ3v) is 54.9. The molecular formula is C20H32Cl4O8S4Sn. The number of alkyl halides is 4. The number of carbonyl (C=O) groups excluding carboxylic acids is 4. The topological polar surface area (TPSA) is 105 Å². The Morgan fingerprint density at radius 2 is 0.676 bits per heavy atom. The Bertz CT molecular complexity index is 560. The standard InChI is InChI=1S/4C5H9ClO2S.Sn/c4*6-2-1-5(7)8-3-4-9;/h4*9H,1-4H2;/q;;;;+4/p-4. The van der Waals surface area contributed by atoms with Crippen molar-refractivity contribution in [2.45, 2.75) is 25.7 Å². The molecule has 0 aromatic rings. The van der Waals surface area contributed by atoms with Gasteiger partial charge in [-0.05, 0) is 0 Å². The van der Waals surface area contributed by atoms with Gasteiger partial charge in [-0.25, -0.2) is 0 Å². The number of esters is 4. The molecule has 0 radical (unpaired) electrons. The van der Waals surface area contributed by atoms with E-state index in [0.29, 0.717) is 23.0 Å². The number of halogens is 4. The fourth-order valence-electron chi connectivity index (χ4n) is 2.14. The second kappa shape index (κ2) is 26.2. The molecule has 0 bridgehead atoms. The molecule has 0 aromatic carbocycles. The molecule has 0 atom stereocenters. The second-order valence-electron chi connectivity index (χ2n) is 6.53. The number of ether oxygens (including phenoxy) is 4. The fraction of sp³-hybridized carbons (Fsp3) is 0.800. The van der Waals surface area contributed by atoms with Crippen LogP contribution < -0.4 is 0 Å². The van der Waals surface area contributed by atoms with Crippen molar-refractivity contribution in [3.8, 4) is 0 Å². The van der Waals surface area contributed by atoms with E-state index in [2.05, 4.69) is 0 Å². The van der Waals surface area contributed by atoms with Crippen molar-refractivity contribution in [2.24, 2.45) is 0 Å². The normalized spacial score (nSPS) is 11.1. The quantitative estimate of drug-likeness (QED) is 0.0431. The van der Waals surface area contributed by atoms with Gasteiger partial charge >= 0.3 is 256 Å². The van der Waals surface area contributed by atoms with Crippen molar-refractivity contribution in [2.75, 3.05) is 73.0 Å². The van der Waals surface area contributed by atoms with Crippen LogP contribution in [0.5, 0.6) is 0 Å². The first kappa shape index (κ1) is 38.2. The van der Waals surface area contributed by atoms with E-state index in [0.717, 1.165) is 0 Å². The van der Waals surface area contributed by atoms with Crippen LogP contribution in [-0.4, -0.2) is 110 Å². The SMILES string of the molecule is O=C(CCCl)OCC[S][Sn]([S]CCOC(=O)CCCl)([S]CCOC(=O)CCCl)[S]CCOC(=O)CCCl. The van der Waals surface area contributed by atoms with Crippen LogP contribution in [0.1, 0.15) is 25.7 Å². The summed E-state index contributed by atoms with van der Waals surface area (Å²) in [6.07, 6.45) is 0.587. The summed E-state index contributed by atoms with van der Waals surface area (Å²) in [5.41, 5.74) is 0. The molecule has 0 amide bonds. The molecule has 0 saturated carbocycles. The summed E-state index contributed by atoms with van der Waals surface area (Å²) in [5.74, 6) is 1.66. The van der Waals surface area contributed by atoms with Crippen LogP contribution in [0.2, 0.25) is 0 Å². The average molecular weight is 789 g/mol. The zero-order valence-electron chi connectivity index (χ0n) is 20.2. The average Bonchev–Trinajstić information content (AvgIpc) is 2.85. The van der Waals surface area contributed by atoms with Gasteiger partial charge in [0, 0.05) is 0 Å². The molecule has 0 fully saturated rings. The second-order valence-corrected chi connectivity index (χ2v) is 50.4. The van der Waals surface area contributed by atoms with Gasteiger partial charge in [-0.15, -0.1) is 0 Å². The molecule has 0 saturated heterocycles. The van der Waals surface area contributed by atoms with E-state index in [1.54, 1.807) is 35.8 Å². The van der Waals surface area contributed by atoms with E-state index < -0.39 is 12.8 Å². The summed E-state index contributed by atoms with van der Waals surface area (Å²) in [5, 5.41) is 0. The zero-order valence-corrected chi connectivity index (χ0v) is 29.4. The summed E-state index contributed by atoms with van der Waals surface area (Å²) in [7, 11) is 6.96. The molecule has 0 heterocycles. The van der Waals surface area contributed by atoms with Crippen LogP contribution in [0.3, 0.4) is 0 Å². The maximum atomic E-state index is 11.7. The molecule has 37 heavy (non-hydrogen) atoms. The molecule has 0 aliphatic heterocycles. The Balaban J connectivity index is 5.18. The summed E-state index contributed by atoms with van der Waals surface area (Å²) < 4.78 is 21.0. The monoisotopic (exact) mass is 788 g/mol. The molecule has 0 aliphatic rings. The maximum absolute atomic E-state index is 11.7. The van der Waals surface area contributed by atoms with Crippen LogP contribution in [-0.2, 0) is 38.1 Å². The van der Waals surface area contributed by atoms with Gasteiger partial charge < -0.3 is 0 Å².